The van der Waals surface area contributed by atoms with Gasteiger partial charge >= 0.3 is 0 Å². The molecular formula is C28H34FN5O6S2. The van der Waals surface area contributed by atoms with Crippen LogP contribution in [-0.2, 0) is 14.8 Å². The number of ether oxygens (including phenoxy) is 3. The van der Waals surface area contributed by atoms with Crippen LogP contribution in [0, 0.1) is 12.7 Å². The molecule has 0 unspecified atom stereocenters. The zero-order chi connectivity index (χ0) is 31.0. The smallest absolute Gasteiger partial charge is 0.273 e. The maximum atomic E-state index is 15.1. The number of anilines is 2. The van der Waals surface area contributed by atoms with E-state index >= 15 is 4.39 Å². The second-order valence-corrected chi connectivity index (χ2v) is 12.1. The second kappa shape index (κ2) is 14.2. The Morgan fingerprint density at radius 2 is 1.95 bits per heavy atom. The number of nitrogens with zero attached hydrogens (tertiary/aromatic N) is 3. The normalized spacial score (nSPS) is 11.5. The van der Waals surface area contributed by atoms with Crippen LogP contribution in [-0.4, -0.2) is 64.8 Å². The van der Waals surface area contributed by atoms with Crippen LogP contribution in [0.5, 0.6) is 17.2 Å². The molecule has 0 spiro atoms. The number of sulfonamides is 1. The number of aliphatic imine (C=N–C) groups is 1. The van der Waals surface area contributed by atoms with Crippen LogP contribution < -0.4 is 24.2 Å². The number of aryl methyl sites for hydroxylation is 1. The lowest BCUT2D eigenvalue weighted by molar-refractivity contribution is -0.114. The van der Waals surface area contributed by atoms with Gasteiger partial charge in [0.05, 0.1) is 30.8 Å². The molecule has 2 aromatic carbocycles. The van der Waals surface area contributed by atoms with Crippen molar-refractivity contribution in [2.45, 2.75) is 31.4 Å². The predicted molar refractivity (Wildman–Crippen MR) is 164 cm³/mol. The molecule has 3 aromatic rings. The van der Waals surface area contributed by atoms with Gasteiger partial charge in [0.1, 0.15) is 5.76 Å². The van der Waals surface area contributed by atoms with Gasteiger partial charge in [-0.05, 0) is 52.6 Å². The molecule has 0 aliphatic carbocycles. The summed E-state index contributed by atoms with van der Waals surface area (Å²) >= 11 is 0.787. The molecule has 14 heteroatoms. The first-order valence-electron chi connectivity index (χ1n) is 12.8. The third-order valence-electron chi connectivity index (χ3n) is 5.56. The highest BCUT2D eigenvalue weighted by Crippen LogP contribution is 2.39. The Labute approximate surface area is 249 Å². The van der Waals surface area contributed by atoms with E-state index < -0.39 is 15.8 Å². The molecule has 1 amide bonds. The summed E-state index contributed by atoms with van der Waals surface area (Å²) in [6.07, 6.45) is 2.41. The first kappa shape index (κ1) is 32.5. The second-order valence-electron chi connectivity index (χ2n) is 9.26. The largest absolute Gasteiger partial charge is 0.493 e. The highest BCUT2D eigenvalue weighted by atomic mass is 32.2. The minimum atomic E-state index is -4.11. The van der Waals surface area contributed by atoms with Crippen LogP contribution >= 0.6 is 11.3 Å². The fourth-order valence-electron chi connectivity index (χ4n) is 3.73. The van der Waals surface area contributed by atoms with Crippen LogP contribution in [0.1, 0.15) is 31.5 Å². The summed E-state index contributed by atoms with van der Waals surface area (Å²) in [5.74, 6) is -0.377. The Morgan fingerprint density at radius 3 is 2.57 bits per heavy atom. The van der Waals surface area contributed by atoms with E-state index in [1.807, 2.05) is 14.1 Å². The molecule has 0 fully saturated rings. The number of thiazole rings is 1. The van der Waals surface area contributed by atoms with E-state index in [9.17, 15) is 13.2 Å². The van der Waals surface area contributed by atoms with E-state index in [4.69, 9.17) is 14.2 Å². The molecule has 226 valence electrons. The van der Waals surface area contributed by atoms with Gasteiger partial charge in [-0.25, -0.2) is 17.8 Å². The van der Waals surface area contributed by atoms with Gasteiger partial charge in [0.15, 0.2) is 32.4 Å². The molecule has 11 nitrogen and oxygen atoms in total. The summed E-state index contributed by atoms with van der Waals surface area (Å²) < 4.78 is 60.3. The van der Waals surface area contributed by atoms with Gasteiger partial charge < -0.3 is 24.4 Å². The van der Waals surface area contributed by atoms with Crippen LogP contribution in [0.2, 0.25) is 0 Å². The fourth-order valence-corrected chi connectivity index (χ4v) is 6.24. The average Bonchev–Trinajstić information content (AvgIpc) is 3.28. The SMILES string of the molecule is C=C(Oc1ccc(NS(=O)(=O)c2sc(NC(C)=O)nc2C)cc1F)c1cc(OC)c(OCCCN(C)C)cc1N=CC. The third-order valence-corrected chi connectivity index (χ3v) is 8.62. The van der Waals surface area contributed by atoms with Gasteiger partial charge in [0.25, 0.3) is 10.0 Å². The van der Waals surface area contributed by atoms with Crippen molar-refractivity contribution in [3.63, 3.8) is 0 Å². The molecule has 1 aromatic heterocycles. The molecule has 42 heavy (non-hydrogen) atoms. The molecule has 0 atom stereocenters. The Kier molecular flexibility index (Phi) is 11.0. The predicted octanol–water partition coefficient (Wildman–Crippen LogP) is 5.46. The van der Waals surface area contributed by atoms with E-state index in [1.165, 1.54) is 33.1 Å². The maximum Gasteiger partial charge on any atom is 0.273 e. The number of methoxy groups -OCH3 is 1. The zero-order valence-electron chi connectivity index (χ0n) is 24.3. The standard InChI is InChI=1S/C28H34FN5O6S2/c1-8-30-23-16-26(39-13-9-12-34(5)6)25(38-7)15-21(23)18(3)40-24-11-10-20(14-22(24)29)33-42(36,37)27-17(2)31-28(41-27)32-19(4)35/h8,10-11,14-16,33H,3,9,12-13H2,1-2,4-7H3,(H,31,32,35). The van der Waals surface area contributed by atoms with Gasteiger partial charge in [-0.2, -0.15) is 0 Å². The van der Waals surface area contributed by atoms with Crippen molar-refractivity contribution in [3.8, 4) is 17.2 Å². The Balaban J connectivity index is 1.80. The van der Waals surface area contributed by atoms with Crippen molar-refractivity contribution in [2.75, 3.05) is 44.4 Å². The molecule has 0 aliphatic heterocycles. The van der Waals surface area contributed by atoms with E-state index in [2.05, 4.69) is 31.5 Å². The number of aromatic nitrogens is 1. The molecule has 0 bridgehead atoms. The number of benzene rings is 2. The van der Waals surface area contributed by atoms with Crippen molar-refractivity contribution >= 4 is 55.7 Å². The molecule has 0 radical (unpaired) electrons. The molecule has 2 N–H and O–H groups in total. The summed E-state index contributed by atoms with van der Waals surface area (Å²) in [6.45, 7) is 9.82. The first-order valence-corrected chi connectivity index (χ1v) is 15.1. The molecule has 0 saturated carbocycles. The lowest BCUT2D eigenvalue weighted by atomic mass is 10.1. The van der Waals surface area contributed by atoms with Gasteiger partial charge in [0.2, 0.25) is 5.91 Å². The lowest BCUT2D eigenvalue weighted by Crippen LogP contribution is -2.15. The van der Waals surface area contributed by atoms with E-state index in [-0.39, 0.29) is 38.1 Å². The monoisotopic (exact) mass is 619 g/mol. The Morgan fingerprint density at radius 1 is 1.21 bits per heavy atom. The number of amides is 1. The number of carbonyl (C=O) groups is 1. The third kappa shape index (κ3) is 8.50. The van der Waals surface area contributed by atoms with Crippen LogP contribution in [0.4, 0.5) is 20.9 Å². The van der Waals surface area contributed by atoms with E-state index in [0.29, 0.717) is 29.4 Å². The number of rotatable bonds is 14. The molecule has 0 saturated heterocycles. The van der Waals surface area contributed by atoms with Crippen molar-refractivity contribution in [2.24, 2.45) is 4.99 Å². The van der Waals surface area contributed by atoms with Crippen molar-refractivity contribution in [1.29, 1.82) is 0 Å². The first-order chi connectivity index (χ1) is 19.8. The quantitative estimate of drug-likeness (QED) is 0.138. The van der Waals surface area contributed by atoms with E-state index in [0.717, 1.165) is 30.4 Å². The Hall–Kier alpha value is -4.01. The summed E-state index contributed by atoms with van der Waals surface area (Å²) in [5.41, 5.74) is 1.09. The van der Waals surface area contributed by atoms with Crippen LogP contribution in [0.25, 0.3) is 5.76 Å². The van der Waals surface area contributed by atoms with Crippen LogP contribution in [0.15, 0.2) is 46.1 Å². The number of carbonyl (C=O) groups excluding carboxylic acids is 1. The number of nitrogens with one attached hydrogen (secondary N) is 2. The highest BCUT2D eigenvalue weighted by Gasteiger charge is 2.23. The summed E-state index contributed by atoms with van der Waals surface area (Å²) in [7, 11) is 1.37. The molecule has 1 heterocycles. The average molecular weight is 620 g/mol. The number of hydrogen-bond acceptors (Lipinski definition) is 10. The highest BCUT2D eigenvalue weighted by molar-refractivity contribution is 7.94. The van der Waals surface area contributed by atoms with E-state index in [1.54, 1.807) is 25.3 Å². The maximum absolute atomic E-state index is 15.1. The Bertz CT molecular complexity index is 1590. The number of halogens is 1. The van der Waals surface area contributed by atoms with Crippen LogP contribution in [0.3, 0.4) is 0 Å². The summed E-state index contributed by atoms with van der Waals surface area (Å²) in [6, 6.07) is 6.97. The minimum Gasteiger partial charge on any atom is -0.493 e. The van der Waals surface area contributed by atoms with Gasteiger partial charge in [-0.1, -0.05) is 17.9 Å². The summed E-state index contributed by atoms with van der Waals surface area (Å²) in [4.78, 5) is 21.8. The van der Waals surface area contributed by atoms with Crippen molar-refractivity contribution < 1.29 is 31.8 Å². The zero-order valence-corrected chi connectivity index (χ0v) is 25.9. The number of hydrogen-bond donors (Lipinski definition) is 2. The minimum absolute atomic E-state index is 0.0342. The van der Waals surface area contributed by atoms with Gasteiger partial charge in [-0.3, -0.25) is 14.5 Å². The van der Waals surface area contributed by atoms with Crippen molar-refractivity contribution in [1.82, 2.24) is 9.88 Å². The molecular weight excluding hydrogens is 585 g/mol. The van der Waals surface area contributed by atoms with Crippen molar-refractivity contribution in [3.05, 3.63) is 54.0 Å². The van der Waals surface area contributed by atoms with Gasteiger partial charge in [-0.15, -0.1) is 0 Å². The topological polar surface area (TPSA) is 131 Å². The summed E-state index contributed by atoms with van der Waals surface area (Å²) in [5, 5.41) is 2.59. The molecule has 3 rings (SSSR count). The lowest BCUT2D eigenvalue weighted by Gasteiger charge is -2.17. The molecule has 0 aliphatic rings. The van der Waals surface area contributed by atoms with Gasteiger partial charge in [0, 0.05) is 37.4 Å². The fraction of sp³-hybridized carbons (Fsp3) is 0.321.